The third-order valence-corrected chi connectivity index (χ3v) is 7.28. The smallest absolute Gasteiger partial charge is 0.196 e. The van der Waals surface area contributed by atoms with Gasteiger partial charge in [0.25, 0.3) is 0 Å². The molecule has 0 aliphatic heterocycles. The molecule has 0 saturated carbocycles. The molecule has 0 bridgehead atoms. The fourth-order valence-corrected chi connectivity index (χ4v) is 4.30. The summed E-state index contributed by atoms with van der Waals surface area (Å²) in [5.41, 5.74) is 8.29. The highest BCUT2D eigenvalue weighted by Crippen LogP contribution is 2.56. The van der Waals surface area contributed by atoms with Gasteiger partial charge in [0.2, 0.25) is 0 Å². The Labute approximate surface area is 129 Å². The molecular formula is C17H29N2OP. The van der Waals surface area contributed by atoms with Gasteiger partial charge in [-0.3, -0.25) is 4.57 Å². The highest BCUT2D eigenvalue weighted by atomic mass is 31.2. The average Bonchev–Trinajstić information content (AvgIpc) is 2.37. The van der Waals surface area contributed by atoms with E-state index < -0.39 is 7.29 Å². The summed E-state index contributed by atoms with van der Waals surface area (Å²) >= 11 is 0. The first-order valence-corrected chi connectivity index (χ1v) is 9.34. The fourth-order valence-electron chi connectivity index (χ4n) is 2.19. The lowest BCUT2D eigenvalue weighted by Crippen LogP contribution is -2.17. The van der Waals surface area contributed by atoms with Gasteiger partial charge in [-0.05, 0) is 11.0 Å². The quantitative estimate of drug-likeness (QED) is 0.494. The van der Waals surface area contributed by atoms with Gasteiger partial charge >= 0.3 is 0 Å². The Kier molecular flexibility index (Phi) is 5.44. The molecule has 0 unspecified atom stereocenters. The highest BCUT2D eigenvalue weighted by Gasteiger charge is 2.30. The molecule has 0 aliphatic rings. The molecule has 3 nitrogen and oxygen atoms in total. The Morgan fingerprint density at radius 2 is 1.48 bits per heavy atom. The van der Waals surface area contributed by atoms with Crippen molar-refractivity contribution in [1.82, 2.24) is 0 Å². The molecule has 0 amide bonds. The Morgan fingerprint density at radius 3 is 1.81 bits per heavy atom. The van der Waals surface area contributed by atoms with E-state index in [0.717, 1.165) is 5.56 Å². The maximum absolute atomic E-state index is 13.0. The monoisotopic (exact) mass is 308 g/mol. The zero-order valence-corrected chi connectivity index (χ0v) is 15.2. The van der Waals surface area contributed by atoms with Crippen molar-refractivity contribution in [3.05, 3.63) is 35.4 Å². The van der Waals surface area contributed by atoms with E-state index in [0.29, 0.717) is 5.84 Å². The van der Waals surface area contributed by atoms with Crippen molar-refractivity contribution in [2.24, 2.45) is 10.5 Å². The molecule has 118 valence electrons. The van der Waals surface area contributed by atoms with Crippen LogP contribution in [0, 0.1) is 0 Å². The number of amidine groups is 1. The van der Waals surface area contributed by atoms with Crippen LogP contribution in [0.15, 0.2) is 29.0 Å². The van der Waals surface area contributed by atoms with Crippen LogP contribution >= 0.6 is 7.29 Å². The molecule has 0 saturated heterocycles. The molecule has 2 N–H and O–H groups in total. The van der Waals surface area contributed by atoms with Crippen molar-refractivity contribution in [3.8, 4) is 0 Å². The van der Waals surface area contributed by atoms with Crippen LogP contribution in [-0.2, 0) is 9.98 Å². The molecule has 21 heavy (non-hydrogen) atoms. The topological polar surface area (TPSA) is 55.5 Å². The predicted molar refractivity (Wildman–Crippen MR) is 93.7 cm³/mol. The number of hydrogen-bond acceptors (Lipinski definition) is 1. The molecule has 1 aromatic carbocycles. The van der Waals surface area contributed by atoms with Gasteiger partial charge in [0.15, 0.2) is 7.29 Å². The number of nitrogens with zero attached hydrogens (tertiary/aromatic N) is 1. The summed E-state index contributed by atoms with van der Waals surface area (Å²) in [6, 6.07) is 8.05. The summed E-state index contributed by atoms with van der Waals surface area (Å²) in [4.78, 5) is 0. The van der Waals surface area contributed by atoms with Gasteiger partial charge in [-0.1, -0.05) is 72.7 Å². The van der Waals surface area contributed by atoms with Gasteiger partial charge in [0.05, 0.1) is 0 Å². The van der Waals surface area contributed by atoms with E-state index in [4.69, 9.17) is 5.73 Å². The van der Waals surface area contributed by atoms with Crippen LogP contribution in [0.25, 0.3) is 0 Å². The lowest BCUT2D eigenvalue weighted by atomic mass is 9.87. The minimum Gasteiger partial charge on any atom is -0.383 e. The lowest BCUT2D eigenvalue weighted by molar-refractivity contribution is 0.562. The van der Waals surface area contributed by atoms with Crippen LogP contribution in [0.2, 0.25) is 0 Å². The Balaban J connectivity index is 3.16. The summed E-state index contributed by atoms with van der Waals surface area (Å²) in [7, 11) is -2.67. The van der Waals surface area contributed by atoms with Crippen LogP contribution < -0.4 is 5.73 Å². The van der Waals surface area contributed by atoms with E-state index in [2.05, 4.69) is 37.7 Å². The van der Waals surface area contributed by atoms with E-state index >= 15 is 0 Å². The van der Waals surface area contributed by atoms with E-state index in [1.54, 1.807) is 0 Å². The SMILES string of the molecule is CC(C)P(=O)(N=C(N)c1ccc(C(C)(C)C)cc1)C(C)C. The van der Waals surface area contributed by atoms with Crippen molar-refractivity contribution in [2.45, 2.75) is 65.2 Å². The molecule has 4 heteroatoms. The molecule has 0 fully saturated rings. The van der Waals surface area contributed by atoms with Gasteiger partial charge in [0.1, 0.15) is 5.84 Å². The molecule has 0 atom stereocenters. The van der Waals surface area contributed by atoms with Crippen LogP contribution in [0.4, 0.5) is 0 Å². The van der Waals surface area contributed by atoms with Crippen molar-refractivity contribution in [2.75, 3.05) is 0 Å². The van der Waals surface area contributed by atoms with Crippen molar-refractivity contribution in [3.63, 3.8) is 0 Å². The normalized spacial score (nSPS) is 14.0. The third kappa shape index (κ3) is 4.20. The average molecular weight is 308 g/mol. The molecule has 0 radical (unpaired) electrons. The summed E-state index contributed by atoms with van der Waals surface area (Å²) in [5, 5.41) is 0. The maximum atomic E-state index is 13.0. The van der Waals surface area contributed by atoms with Gasteiger partial charge in [-0.15, -0.1) is 0 Å². The van der Waals surface area contributed by atoms with E-state index in [1.165, 1.54) is 5.56 Å². The molecule has 0 heterocycles. The molecule has 1 aromatic rings. The van der Waals surface area contributed by atoms with Gasteiger partial charge < -0.3 is 5.73 Å². The molecule has 0 spiro atoms. The third-order valence-electron chi connectivity index (χ3n) is 3.79. The summed E-state index contributed by atoms with van der Waals surface area (Å²) in [5.74, 6) is 0.376. The minimum absolute atomic E-state index is 0.00454. The second-order valence-electron chi connectivity index (χ2n) is 7.17. The van der Waals surface area contributed by atoms with Crippen LogP contribution in [0.3, 0.4) is 0 Å². The molecule has 0 aromatic heterocycles. The minimum atomic E-state index is -2.67. The summed E-state index contributed by atoms with van der Waals surface area (Å²) in [6.45, 7) is 14.3. The summed E-state index contributed by atoms with van der Waals surface area (Å²) in [6.07, 6.45) is 0. The first-order valence-electron chi connectivity index (χ1n) is 7.54. The molecular weight excluding hydrogens is 279 g/mol. The van der Waals surface area contributed by atoms with E-state index in [-0.39, 0.29) is 16.7 Å². The van der Waals surface area contributed by atoms with Crippen LogP contribution in [0.5, 0.6) is 0 Å². The van der Waals surface area contributed by atoms with Crippen molar-refractivity contribution >= 4 is 13.1 Å². The van der Waals surface area contributed by atoms with Crippen molar-refractivity contribution < 1.29 is 4.57 Å². The zero-order valence-electron chi connectivity index (χ0n) is 14.3. The highest BCUT2D eigenvalue weighted by molar-refractivity contribution is 7.64. The van der Waals surface area contributed by atoms with Crippen LogP contribution in [-0.4, -0.2) is 17.2 Å². The molecule has 0 aliphatic carbocycles. The number of nitrogens with two attached hydrogens (primary N) is 1. The van der Waals surface area contributed by atoms with Crippen LogP contribution in [0.1, 0.15) is 59.6 Å². The van der Waals surface area contributed by atoms with Gasteiger partial charge in [0, 0.05) is 16.9 Å². The first-order chi connectivity index (χ1) is 9.48. The Bertz CT molecular complexity index is 539. The van der Waals surface area contributed by atoms with Gasteiger partial charge in [-0.25, -0.2) is 4.76 Å². The molecule has 1 rings (SSSR count). The standard InChI is InChI=1S/C17H29N2OP/c1-12(2)21(20,13(3)4)19-16(18)14-8-10-15(11-9-14)17(5,6)7/h8-13H,1-7H3,(H2,18,19,20). The second kappa shape index (κ2) is 6.36. The lowest BCUT2D eigenvalue weighted by Gasteiger charge is -2.22. The van der Waals surface area contributed by atoms with E-state index in [1.807, 2.05) is 39.8 Å². The number of benzene rings is 1. The maximum Gasteiger partial charge on any atom is 0.196 e. The summed E-state index contributed by atoms with van der Waals surface area (Å²) < 4.78 is 17.4. The van der Waals surface area contributed by atoms with E-state index in [9.17, 15) is 4.57 Å². The fraction of sp³-hybridized carbons (Fsp3) is 0.588. The number of rotatable bonds is 4. The first kappa shape index (κ1) is 18.0. The van der Waals surface area contributed by atoms with Crippen molar-refractivity contribution in [1.29, 1.82) is 0 Å². The second-order valence-corrected chi connectivity index (χ2v) is 10.8. The zero-order chi connectivity index (χ0) is 16.4. The Morgan fingerprint density at radius 1 is 1.05 bits per heavy atom. The van der Waals surface area contributed by atoms with Gasteiger partial charge in [-0.2, -0.15) is 0 Å². The predicted octanol–water partition coefficient (Wildman–Crippen LogP) is 4.78. The number of hydrogen-bond donors (Lipinski definition) is 1. The Hall–Kier alpha value is -1.08. The largest absolute Gasteiger partial charge is 0.383 e.